The van der Waals surface area contributed by atoms with E-state index in [2.05, 4.69) is 9.51 Å². The van der Waals surface area contributed by atoms with Gasteiger partial charge in [-0.05, 0) is 11.6 Å². The number of phosphoric acid groups is 1. The van der Waals surface area contributed by atoms with Crippen molar-refractivity contribution in [3.8, 4) is 11.1 Å². The van der Waals surface area contributed by atoms with Gasteiger partial charge in [0.2, 0.25) is 0 Å². The molecule has 4 rings (SSSR count). The number of pyridine rings is 1. The van der Waals surface area contributed by atoms with Gasteiger partial charge in [0.1, 0.15) is 18.3 Å². The second-order valence-electron chi connectivity index (χ2n) is 7.78. The van der Waals surface area contributed by atoms with Gasteiger partial charge in [-0.15, -0.1) is 0 Å². The molecule has 4 N–H and O–H groups in total. The van der Waals surface area contributed by atoms with Crippen LogP contribution in [0.15, 0.2) is 64.4 Å². The van der Waals surface area contributed by atoms with Gasteiger partial charge in [-0.25, -0.2) is 9.36 Å². The van der Waals surface area contributed by atoms with Gasteiger partial charge in [-0.2, -0.15) is 0 Å². The van der Waals surface area contributed by atoms with Crippen molar-refractivity contribution >= 4 is 19.4 Å². The maximum Gasteiger partial charge on any atom is 0.469 e. The third kappa shape index (κ3) is 5.61. The lowest BCUT2D eigenvalue weighted by Gasteiger charge is -2.19. The number of ether oxygens (including phenoxy) is 1. The molecule has 3 heterocycles. The Morgan fingerprint density at radius 2 is 1.83 bits per heavy atom. The first-order chi connectivity index (χ1) is 16.5. The van der Waals surface area contributed by atoms with E-state index >= 15 is 0 Å². The number of aliphatic hydroxyl groups excluding tert-OH is 2. The lowest BCUT2D eigenvalue weighted by atomic mass is 10.1. The number of hydrogen-bond donors (Lipinski definition) is 4. The predicted molar refractivity (Wildman–Crippen MR) is 123 cm³/mol. The molecule has 0 bridgehead atoms. The Hall–Kier alpha value is -2.67. The lowest BCUT2D eigenvalue weighted by molar-refractivity contribution is -0.0548. The van der Waals surface area contributed by atoms with Crippen LogP contribution in [0.4, 0.5) is 0 Å². The number of phosphoric ester groups is 1. The zero-order valence-electron chi connectivity index (χ0n) is 17.9. The van der Waals surface area contributed by atoms with E-state index in [1.54, 1.807) is 6.07 Å². The molecule has 0 amide bonds. The highest BCUT2D eigenvalue weighted by atomic mass is 35.5. The molecule has 2 aromatic heterocycles. The first-order valence-electron chi connectivity index (χ1n) is 10.3. The summed E-state index contributed by atoms with van der Waals surface area (Å²) in [5.74, 6) is 0. The van der Waals surface area contributed by atoms with E-state index in [0.29, 0.717) is 16.3 Å². The molecule has 186 valence electrons. The van der Waals surface area contributed by atoms with Crippen molar-refractivity contribution in [2.75, 3.05) is 6.61 Å². The van der Waals surface area contributed by atoms with E-state index in [1.165, 1.54) is 6.20 Å². The zero-order chi connectivity index (χ0) is 25.3. The van der Waals surface area contributed by atoms with Crippen LogP contribution < -0.4 is 11.2 Å². The molecular weight excluding hydrogens is 505 g/mol. The number of halogens is 1. The fourth-order valence-electron chi connectivity index (χ4n) is 3.71. The highest BCUT2D eigenvalue weighted by Crippen LogP contribution is 2.38. The summed E-state index contributed by atoms with van der Waals surface area (Å²) in [7, 11) is -4.85. The third-order valence-electron chi connectivity index (χ3n) is 5.43. The molecule has 3 aromatic rings. The summed E-state index contributed by atoms with van der Waals surface area (Å²) in [6.45, 7) is -0.948. The SMILES string of the molecule is O=c1ccn([C@@H]2O[C@H](COP(=O)(O)O)C(O)C2O)c(=O)n1Cc1cc(-c2ccccc2)c(Cl)cn1. The quantitative estimate of drug-likeness (QED) is 0.318. The zero-order valence-corrected chi connectivity index (χ0v) is 19.6. The van der Waals surface area contributed by atoms with Gasteiger partial charge in [0, 0.05) is 24.0 Å². The fourth-order valence-corrected chi connectivity index (χ4v) is 4.26. The minimum absolute atomic E-state index is 0.217. The maximum absolute atomic E-state index is 13.1. The molecule has 0 spiro atoms. The number of rotatable bonds is 7. The van der Waals surface area contributed by atoms with Gasteiger partial charge in [0.25, 0.3) is 5.56 Å². The smallest absolute Gasteiger partial charge is 0.387 e. The van der Waals surface area contributed by atoms with E-state index in [4.69, 9.17) is 26.1 Å². The first-order valence-corrected chi connectivity index (χ1v) is 12.2. The van der Waals surface area contributed by atoms with Crippen molar-refractivity contribution in [2.24, 2.45) is 0 Å². The van der Waals surface area contributed by atoms with Crippen LogP contribution in [0.2, 0.25) is 5.02 Å². The van der Waals surface area contributed by atoms with Crippen molar-refractivity contribution in [1.82, 2.24) is 14.1 Å². The molecule has 1 aromatic carbocycles. The summed E-state index contributed by atoms with van der Waals surface area (Å²) in [6, 6.07) is 12.0. The molecule has 0 radical (unpaired) electrons. The molecule has 14 heteroatoms. The third-order valence-corrected chi connectivity index (χ3v) is 6.22. The Morgan fingerprint density at radius 1 is 1.11 bits per heavy atom. The Kier molecular flexibility index (Phi) is 7.36. The summed E-state index contributed by atoms with van der Waals surface area (Å²) in [5, 5.41) is 21.0. The van der Waals surface area contributed by atoms with Crippen LogP contribution in [0.25, 0.3) is 11.1 Å². The van der Waals surface area contributed by atoms with Crippen LogP contribution in [0.5, 0.6) is 0 Å². The molecule has 1 saturated heterocycles. The molecule has 1 fully saturated rings. The maximum atomic E-state index is 13.1. The number of nitrogens with zero attached hydrogens (tertiary/aromatic N) is 3. The topological polar surface area (TPSA) is 173 Å². The Labute approximate surface area is 202 Å². The van der Waals surface area contributed by atoms with Crippen LogP contribution in [-0.4, -0.2) is 59.0 Å². The van der Waals surface area contributed by atoms with Gasteiger partial charge in [-0.1, -0.05) is 41.9 Å². The standard InChI is InChI=1S/C21H21ClN3O9P/c22-15-9-23-13(8-14(15)12-4-2-1-3-5-12)10-25-17(26)6-7-24(21(25)29)20-19(28)18(27)16(34-20)11-33-35(30,31)32/h1-9,16,18-20,27-28H,10-11H2,(H2,30,31,32)/t16-,18?,19?,20-/m1/s1. The van der Waals surface area contributed by atoms with E-state index in [-0.39, 0.29) is 6.54 Å². The van der Waals surface area contributed by atoms with Gasteiger partial charge in [-0.3, -0.25) is 23.4 Å². The van der Waals surface area contributed by atoms with Crippen LogP contribution in [0, 0.1) is 0 Å². The van der Waals surface area contributed by atoms with Gasteiger partial charge >= 0.3 is 13.5 Å². The average Bonchev–Trinajstić information content (AvgIpc) is 3.10. The number of aliphatic hydroxyl groups is 2. The summed E-state index contributed by atoms with van der Waals surface area (Å²) < 4.78 is 22.5. The summed E-state index contributed by atoms with van der Waals surface area (Å²) in [5.41, 5.74) is 0.346. The van der Waals surface area contributed by atoms with Crippen molar-refractivity contribution in [1.29, 1.82) is 0 Å². The van der Waals surface area contributed by atoms with Crippen molar-refractivity contribution in [3.63, 3.8) is 0 Å². The molecular formula is C21H21ClN3O9P. The molecule has 2 unspecified atom stereocenters. The van der Waals surface area contributed by atoms with Crippen molar-refractivity contribution in [2.45, 2.75) is 31.1 Å². The second kappa shape index (κ2) is 10.1. The highest BCUT2D eigenvalue weighted by molar-refractivity contribution is 7.46. The minimum Gasteiger partial charge on any atom is -0.387 e. The summed E-state index contributed by atoms with van der Waals surface area (Å²) >= 11 is 6.28. The second-order valence-corrected chi connectivity index (χ2v) is 9.43. The number of hydrogen-bond acceptors (Lipinski definition) is 8. The van der Waals surface area contributed by atoms with Crippen molar-refractivity contribution in [3.05, 3.63) is 86.4 Å². The Morgan fingerprint density at radius 3 is 2.51 bits per heavy atom. The molecule has 35 heavy (non-hydrogen) atoms. The van der Waals surface area contributed by atoms with Gasteiger partial charge < -0.3 is 24.7 Å². The van der Waals surface area contributed by atoms with Crippen LogP contribution in [-0.2, 0) is 20.4 Å². The average molecular weight is 526 g/mol. The van der Waals surface area contributed by atoms with Crippen LogP contribution in [0.3, 0.4) is 0 Å². The monoisotopic (exact) mass is 525 g/mol. The van der Waals surface area contributed by atoms with E-state index in [9.17, 15) is 24.4 Å². The lowest BCUT2D eigenvalue weighted by Crippen LogP contribution is -2.43. The Balaban J connectivity index is 1.63. The Bertz CT molecular complexity index is 1370. The summed E-state index contributed by atoms with van der Waals surface area (Å²) in [4.78, 5) is 47.5. The predicted octanol–water partition coefficient (Wildman–Crippen LogP) is 0.502. The van der Waals surface area contributed by atoms with Crippen LogP contribution >= 0.6 is 19.4 Å². The first kappa shape index (κ1) is 25.4. The highest BCUT2D eigenvalue weighted by Gasteiger charge is 2.45. The van der Waals surface area contributed by atoms with E-state index in [1.807, 2.05) is 30.3 Å². The summed E-state index contributed by atoms with van der Waals surface area (Å²) in [6.07, 6.45) is -3.50. The largest absolute Gasteiger partial charge is 0.469 e. The molecule has 0 saturated carbocycles. The molecule has 1 aliphatic heterocycles. The number of aromatic nitrogens is 3. The number of benzene rings is 1. The molecule has 0 aliphatic carbocycles. The minimum atomic E-state index is -4.85. The van der Waals surface area contributed by atoms with Crippen LogP contribution in [0.1, 0.15) is 11.9 Å². The van der Waals surface area contributed by atoms with E-state index < -0.39 is 50.2 Å². The van der Waals surface area contributed by atoms with Gasteiger partial charge in [0.15, 0.2) is 6.23 Å². The molecule has 4 atom stereocenters. The molecule has 12 nitrogen and oxygen atoms in total. The molecule has 1 aliphatic rings. The van der Waals surface area contributed by atoms with E-state index in [0.717, 1.165) is 27.0 Å². The van der Waals surface area contributed by atoms with Gasteiger partial charge in [0.05, 0.1) is 23.9 Å². The fraction of sp³-hybridized carbons (Fsp3) is 0.286. The normalized spacial score (nSPS) is 22.4. The van der Waals surface area contributed by atoms with Crippen molar-refractivity contribution < 1.29 is 33.8 Å².